The van der Waals surface area contributed by atoms with Crippen molar-refractivity contribution < 1.29 is 9.84 Å². The van der Waals surface area contributed by atoms with Crippen molar-refractivity contribution in [2.24, 2.45) is 0 Å². The molecule has 4 heteroatoms. The molecule has 112 valence electrons. The Morgan fingerprint density at radius 1 is 1.00 bits per heavy atom. The zero-order chi connectivity index (χ0) is 15.2. The highest BCUT2D eigenvalue weighted by Gasteiger charge is 2.08. The molecule has 0 unspecified atom stereocenters. The maximum absolute atomic E-state index is 10.2. The third kappa shape index (κ3) is 3.74. The van der Waals surface area contributed by atoms with Crippen LogP contribution in [-0.2, 0) is 13.2 Å². The van der Waals surface area contributed by atoms with Gasteiger partial charge in [-0.3, -0.25) is 4.68 Å². The number of aliphatic hydroxyl groups excluding tert-OH is 1. The first kappa shape index (κ1) is 14.4. The Morgan fingerprint density at radius 2 is 1.77 bits per heavy atom. The molecule has 0 spiro atoms. The molecule has 0 aliphatic heterocycles. The minimum Gasteiger partial charge on any atom is -0.489 e. The van der Waals surface area contributed by atoms with Gasteiger partial charge in [0.2, 0.25) is 0 Å². The summed E-state index contributed by atoms with van der Waals surface area (Å²) in [4.78, 5) is 0. The molecule has 3 rings (SSSR count). The molecule has 1 N–H and O–H groups in total. The molecule has 1 aromatic heterocycles. The smallest absolute Gasteiger partial charge is 0.119 e. The fourth-order valence-electron chi connectivity index (χ4n) is 2.22. The molecule has 0 aliphatic carbocycles. The molecule has 4 nitrogen and oxygen atoms in total. The van der Waals surface area contributed by atoms with E-state index in [0.717, 1.165) is 16.9 Å². The van der Waals surface area contributed by atoms with Gasteiger partial charge in [0.05, 0.1) is 12.6 Å². The van der Waals surface area contributed by atoms with Gasteiger partial charge in [-0.25, -0.2) is 0 Å². The van der Waals surface area contributed by atoms with Crippen molar-refractivity contribution in [2.45, 2.75) is 19.3 Å². The molecule has 3 aromatic rings. The van der Waals surface area contributed by atoms with Crippen LogP contribution in [0.5, 0.6) is 5.75 Å². The maximum atomic E-state index is 10.2. The Kier molecular flexibility index (Phi) is 4.51. The number of benzene rings is 2. The average Bonchev–Trinajstić information content (AvgIpc) is 3.07. The highest BCUT2D eigenvalue weighted by molar-refractivity contribution is 5.29. The van der Waals surface area contributed by atoms with Crippen LogP contribution in [0.1, 0.15) is 17.2 Å². The monoisotopic (exact) mass is 294 g/mol. The van der Waals surface area contributed by atoms with Gasteiger partial charge in [0, 0.05) is 12.4 Å². The van der Waals surface area contributed by atoms with E-state index in [4.69, 9.17) is 4.74 Å². The number of ether oxygens (including phenoxy) is 1. The summed E-state index contributed by atoms with van der Waals surface area (Å²) in [6.07, 6.45) is 2.96. The Balaban J connectivity index is 1.58. The Labute approximate surface area is 129 Å². The van der Waals surface area contributed by atoms with Crippen molar-refractivity contribution >= 4 is 0 Å². The lowest BCUT2D eigenvalue weighted by atomic mass is 10.1. The molecule has 0 aliphatic rings. The summed E-state index contributed by atoms with van der Waals surface area (Å²) in [6.45, 7) is 0.979. The highest BCUT2D eigenvalue weighted by Crippen LogP contribution is 2.19. The lowest BCUT2D eigenvalue weighted by Crippen LogP contribution is -2.08. The molecule has 2 aromatic carbocycles. The van der Waals surface area contributed by atoms with Crippen LogP contribution < -0.4 is 4.74 Å². The van der Waals surface area contributed by atoms with Crippen molar-refractivity contribution in [1.29, 1.82) is 0 Å². The summed E-state index contributed by atoms with van der Waals surface area (Å²) in [5.41, 5.74) is 1.98. The first-order valence-electron chi connectivity index (χ1n) is 7.23. The Hall–Kier alpha value is -2.59. The summed E-state index contributed by atoms with van der Waals surface area (Å²) in [5, 5.41) is 14.3. The third-order valence-electron chi connectivity index (χ3n) is 3.43. The van der Waals surface area contributed by atoms with E-state index in [9.17, 15) is 5.11 Å². The fourth-order valence-corrected chi connectivity index (χ4v) is 2.22. The van der Waals surface area contributed by atoms with Gasteiger partial charge in [-0.05, 0) is 29.3 Å². The van der Waals surface area contributed by atoms with E-state index in [1.54, 1.807) is 10.9 Å². The van der Waals surface area contributed by atoms with Crippen molar-refractivity contribution in [2.75, 3.05) is 0 Å². The summed E-state index contributed by atoms with van der Waals surface area (Å²) < 4.78 is 7.45. The van der Waals surface area contributed by atoms with E-state index in [-0.39, 0.29) is 0 Å². The molecule has 0 saturated heterocycles. The zero-order valence-corrected chi connectivity index (χ0v) is 12.2. The second-order valence-electron chi connectivity index (χ2n) is 5.09. The normalized spacial score (nSPS) is 12.0. The molecular formula is C18H18N2O2. The van der Waals surface area contributed by atoms with Gasteiger partial charge in [-0.15, -0.1) is 0 Å². The summed E-state index contributed by atoms with van der Waals surface area (Å²) >= 11 is 0. The number of hydrogen-bond acceptors (Lipinski definition) is 3. The lowest BCUT2D eigenvalue weighted by Gasteiger charge is -2.12. The minimum atomic E-state index is -0.580. The molecular weight excluding hydrogens is 276 g/mol. The van der Waals surface area contributed by atoms with E-state index in [2.05, 4.69) is 5.10 Å². The van der Waals surface area contributed by atoms with E-state index in [0.29, 0.717) is 13.2 Å². The average molecular weight is 294 g/mol. The van der Waals surface area contributed by atoms with Crippen molar-refractivity contribution in [1.82, 2.24) is 9.78 Å². The third-order valence-corrected chi connectivity index (χ3v) is 3.43. The predicted molar refractivity (Wildman–Crippen MR) is 84.4 cm³/mol. The molecule has 1 heterocycles. The van der Waals surface area contributed by atoms with Crippen LogP contribution in [0.25, 0.3) is 0 Å². The lowest BCUT2D eigenvalue weighted by molar-refractivity contribution is 0.151. The quantitative estimate of drug-likeness (QED) is 0.759. The van der Waals surface area contributed by atoms with Gasteiger partial charge >= 0.3 is 0 Å². The van der Waals surface area contributed by atoms with Crippen LogP contribution in [0.4, 0.5) is 0 Å². The minimum absolute atomic E-state index is 0.442. The van der Waals surface area contributed by atoms with E-state index in [1.807, 2.05) is 66.9 Å². The number of aliphatic hydroxyl groups is 1. The van der Waals surface area contributed by atoms with E-state index in [1.165, 1.54) is 0 Å². The van der Waals surface area contributed by atoms with Crippen LogP contribution in [0.3, 0.4) is 0 Å². The van der Waals surface area contributed by atoms with Crippen LogP contribution in [0.2, 0.25) is 0 Å². The largest absolute Gasteiger partial charge is 0.489 e. The highest BCUT2D eigenvalue weighted by atomic mass is 16.5. The maximum Gasteiger partial charge on any atom is 0.119 e. The fraction of sp³-hybridized carbons (Fsp3) is 0.167. The van der Waals surface area contributed by atoms with Gasteiger partial charge in [0.25, 0.3) is 0 Å². The van der Waals surface area contributed by atoms with Gasteiger partial charge in [0.1, 0.15) is 12.4 Å². The Bertz CT molecular complexity index is 679. The van der Waals surface area contributed by atoms with Crippen LogP contribution >= 0.6 is 0 Å². The number of nitrogens with zero attached hydrogens (tertiary/aromatic N) is 2. The van der Waals surface area contributed by atoms with Gasteiger partial charge in [-0.2, -0.15) is 5.10 Å². The van der Waals surface area contributed by atoms with Crippen molar-refractivity contribution in [3.05, 3.63) is 84.2 Å². The molecule has 1 atom stereocenters. The molecule has 0 fully saturated rings. The van der Waals surface area contributed by atoms with Gasteiger partial charge in [-0.1, -0.05) is 42.5 Å². The standard InChI is InChI=1S/C18H18N2O2/c21-18(13-20-12-4-11-19-20)16-7-9-17(10-8-16)22-14-15-5-2-1-3-6-15/h1-12,18,21H,13-14H2/t18-/m0/s1. The van der Waals surface area contributed by atoms with Crippen LogP contribution in [0, 0.1) is 0 Å². The van der Waals surface area contributed by atoms with Gasteiger partial charge < -0.3 is 9.84 Å². The van der Waals surface area contributed by atoms with Crippen molar-refractivity contribution in [3.63, 3.8) is 0 Å². The van der Waals surface area contributed by atoms with E-state index < -0.39 is 6.10 Å². The number of hydrogen-bond donors (Lipinski definition) is 1. The molecule has 22 heavy (non-hydrogen) atoms. The van der Waals surface area contributed by atoms with Crippen LogP contribution in [-0.4, -0.2) is 14.9 Å². The SMILES string of the molecule is O[C@@H](Cn1cccn1)c1ccc(OCc2ccccc2)cc1. The van der Waals surface area contributed by atoms with Crippen LogP contribution in [0.15, 0.2) is 73.1 Å². The summed E-state index contributed by atoms with van der Waals surface area (Å²) in [6, 6.07) is 19.4. The molecule has 0 radical (unpaired) electrons. The predicted octanol–water partition coefficient (Wildman–Crippen LogP) is 3.20. The number of rotatable bonds is 6. The first-order valence-corrected chi connectivity index (χ1v) is 7.23. The first-order chi connectivity index (χ1) is 10.8. The second-order valence-corrected chi connectivity index (χ2v) is 5.09. The molecule has 0 bridgehead atoms. The Morgan fingerprint density at radius 3 is 2.45 bits per heavy atom. The summed E-state index contributed by atoms with van der Waals surface area (Å²) in [5.74, 6) is 0.791. The van der Waals surface area contributed by atoms with Crippen molar-refractivity contribution in [3.8, 4) is 5.75 Å². The molecule has 0 amide bonds. The molecule has 0 saturated carbocycles. The number of aromatic nitrogens is 2. The van der Waals surface area contributed by atoms with Gasteiger partial charge in [0.15, 0.2) is 0 Å². The second kappa shape index (κ2) is 6.91. The van der Waals surface area contributed by atoms with E-state index >= 15 is 0 Å². The zero-order valence-electron chi connectivity index (χ0n) is 12.2. The topological polar surface area (TPSA) is 47.3 Å². The summed E-state index contributed by atoms with van der Waals surface area (Å²) in [7, 11) is 0.